The van der Waals surface area contributed by atoms with Crippen molar-refractivity contribution in [2.45, 2.75) is 6.92 Å². The van der Waals surface area contributed by atoms with E-state index in [0.29, 0.717) is 11.1 Å². The van der Waals surface area contributed by atoms with Crippen molar-refractivity contribution in [2.24, 2.45) is 0 Å². The fourth-order valence-corrected chi connectivity index (χ4v) is 2.11. The molecule has 0 saturated heterocycles. The Bertz CT molecular complexity index is 806. The summed E-state index contributed by atoms with van der Waals surface area (Å²) in [6.45, 7) is 1.85. The summed E-state index contributed by atoms with van der Waals surface area (Å²) in [5, 5.41) is 5.73. The number of rotatable bonds is 1. The van der Waals surface area contributed by atoms with Crippen molar-refractivity contribution in [3.8, 4) is 5.69 Å². The molecule has 0 unspecified atom stereocenters. The lowest BCUT2D eigenvalue weighted by atomic mass is 10.1. The van der Waals surface area contributed by atoms with Crippen molar-refractivity contribution in [2.75, 3.05) is 0 Å². The molecule has 0 spiro atoms. The van der Waals surface area contributed by atoms with Crippen molar-refractivity contribution < 1.29 is 4.39 Å². The molecule has 0 amide bonds. The van der Waals surface area contributed by atoms with E-state index in [1.54, 1.807) is 6.07 Å². The lowest BCUT2D eigenvalue weighted by molar-refractivity contribution is 0.626. The molecule has 1 heterocycles. The molecule has 3 rings (SSSR count). The summed E-state index contributed by atoms with van der Waals surface area (Å²) in [5.74, 6) is -0.339. The highest BCUT2D eigenvalue weighted by Gasteiger charge is 2.08. The zero-order chi connectivity index (χ0) is 13.4. The van der Waals surface area contributed by atoms with Gasteiger partial charge in [-0.1, -0.05) is 18.2 Å². The van der Waals surface area contributed by atoms with Crippen molar-refractivity contribution in [3.05, 3.63) is 70.4 Å². The predicted molar refractivity (Wildman–Crippen MR) is 72.0 cm³/mol. The molecule has 19 heavy (non-hydrogen) atoms. The molecule has 3 aromatic rings. The largest absolute Gasteiger partial charge is 0.279 e. The second-order valence-electron chi connectivity index (χ2n) is 4.32. The number of hydrogen-bond donors (Lipinski definition) is 0. The van der Waals surface area contributed by atoms with Gasteiger partial charge < -0.3 is 0 Å². The molecule has 3 nitrogen and oxygen atoms in total. The molecule has 0 fully saturated rings. The average Bonchev–Trinajstić information content (AvgIpc) is 2.44. The lowest BCUT2D eigenvalue weighted by Crippen LogP contribution is -2.22. The van der Waals surface area contributed by atoms with Crippen LogP contribution >= 0.6 is 0 Å². The topological polar surface area (TPSA) is 34.9 Å². The average molecular weight is 254 g/mol. The molecular weight excluding hydrogens is 243 g/mol. The Labute approximate surface area is 108 Å². The van der Waals surface area contributed by atoms with Gasteiger partial charge >= 0.3 is 0 Å². The molecule has 1 aromatic heterocycles. The summed E-state index contributed by atoms with van der Waals surface area (Å²) in [7, 11) is 0. The molecule has 0 N–H and O–H groups in total. The first-order valence-electron chi connectivity index (χ1n) is 5.91. The summed E-state index contributed by atoms with van der Waals surface area (Å²) < 4.78 is 14.2. The van der Waals surface area contributed by atoms with Crippen LogP contribution in [0.4, 0.5) is 4.39 Å². The molecule has 0 aliphatic carbocycles. The first kappa shape index (κ1) is 11.6. The predicted octanol–water partition coefficient (Wildman–Crippen LogP) is 2.83. The van der Waals surface area contributed by atoms with Crippen LogP contribution in [0.1, 0.15) is 5.69 Å². The Kier molecular flexibility index (Phi) is 2.63. The summed E-state index contributed by atoms with van der Waals surface area (Å²) in [4.78, 5) is 12.4. The smallest absolute Gasteiger partial charge is 0.267 e. The van der Waals surface area contributed by atoms with Crippen molar-refractivity contribution in [1.82, 2.24) is 9.78 Å². The molecule has 0 bridgehead atoms. The lowest BCUT2D eigenvalue weighted by Gasteiger charge is -2.08. The number of aromatic nitrogens is 2. The van der Waals surface area contributed by atoms with E-state index in [0.717, 1.165) is 11.1 Å². The van der Waals surface area contributed by atoms with Crippen LogP contribution in [0.5, 0.6) is 0 Å². The van der Waals surface area contributed by atoms with E-state index in [2.05, 4.69) is 5.10 Å². The number of benzene rings is 2. The minimum Gasteiger partial charge on any atom is -0.267 e. The Hall–Kier alpha value is -2.49. The summed E-state index contributed by atoms with van der Waals surface area (Å²) in [6, 6.07) is 13.0. The standard InChI is InChI=1S/C15H11FN2O/c1-10-13-4-2-3-5-14(13)15(19)18(17-10)12-8-6-11(16)7-9-12/h2-9H,1H3. The Balaban J connectivity index is 2.34. The Morgan fingerprint density at radius 1 is 1.00 bits per heavy atom. The van der Waals surface area contributed by atoms with E-state index >= 15 is 0 Å². The minimum atomic E-state index is -0.339. The third kappa shape index (κ3) is 1.91. The third-order valence-corrected chi connectivity index (χ3v) is 3.06. The Morgan fingerprint density at radius 3 is 2.32 bits per heavy atom. The quantitative estimate of drug-likeness (QED) is 0.669. The minimum absolute atomic E-state index is 0.201. The molecule has 0 aliphatic heterocycles. The number of fused-ring (bicyclic) bond motifs is 1. The van der Waals surface area contributed by atoms with E-state index in [-0.39, 0.29) is 11.4 Å². The monoisotopic (exact) mass is 254 g/mol. The van der Waals surface area contributed by atoms with Crippen LogP contribution in [0.15, 0.2) is 53.3 Å². The number of nitrogens with zero attached hydrogens (tertiary/aromatic N) is 2. The van der Waals surface area contributed by atoms with E-state index in [1.807, 2.05) is 25.1 Å². The van der Waals surface area contributed by atoms with Crippen molar-refractivity contribution in [1.29, 1.82) is 0 Å². The molecule has 0 aliphatic rings. The summed E-state index contributed by atoms with van der Waals surface area (Å²) >= 11 is 0. The van der Waals surface area contributed by atoms with Crippen LogP contribution < -0.4 is 5.56 Å². The van der Waals surface area contributed by atoms with Crippen LogP contribution in [-0.2, 0) is 0 Å². The maximum Gasteiger partial charge on any atom is 0.279 e. The van der Waals surface area contributed by atoms with Gasteiger partial charge in [0.1, 0.15) is 5.82 Å². The Morgan fingerprint density at radius 2 is 1.63 bits per heavy atom. The van der Waals surface area contributed by atoms with Crippen molar-refractivity contribution in [3.63, 3.8) is 0 Å². The van der Waals surface area contributed by atoms with Gasteiger partial charge in [0.2, 0.25) is 0 Å². The van der Waals surface area contributed by atoms with Gasteiger partial charge in [0.25, 0.3) is 5.56 Å². The first-order valence-corrected chi connectivity index (χ1v) is 5.91. The van der Waals surface area contributed by atoms with Gasteiger partial charge in [0.15, 0.2) is 0 Å². The second kappa shape index (κ2) is 4.31. The fourth-order valence-electron chi connectivity index (χ4n) is 2.11. The zero-order valence-electron chi connectivity index (χ0n) is 10.3. The van der Waals surface area contributed by atoms with Gasteiger partial charge in [-0.15, -0.1) is 0 Å². The fraction of sp³-hybridized carbons (Fsp3) is 0.0667. The number of halogens is 1. The molecule has 2 aromatic carbocycles. The molecule has 0 radical (unpaired) electrons. The van der Waals surface area contributed by atoms with Crippen LogP contribution in [0.25, 0.3) is 16.5 Å². The SMILES string of the molecule is Cc1nn(-c2ccc(F)cc2)c(=O)c2ccccc12. The second-order valence-corrected chi connectivity index (χ2v) is 4.32. The van der Waals surface area contributed by atoms with Crippen LogP contribution in [0.2, 0.25) is 0 Å². The normalized spacial score (nSPS) is 10.8. The molecule has 94 valence electrons. The molecule has 4 heteroatoms. The van der Waals surface area contributed by atoms with Crippen LogP contribution in [0.3, 0.4) is 0 Å². The number of aryl methyl sites for hydroxylation is 1. The highest BCUT2D eigenvalue weighted by atomic mass is 19.1. The molecule has 0 saturated carbocycles. The van der Waals surface area contributed by atoms with E-state index in [9.17, 15) is 9.18 Å². The highest BCUT2D eigenvalue weighted by Crippen LogP contribution is 2.14. The van der Waals surface area contributed by atoms with Gasteiger partial charge in [-0.2, -0.15) is 9.78 Å². The van der Waals surface area contributed by atoms with Gasteiger partial charge in [-0.05, 0) is 37.3 Å². The third-order valence-electron chi connectivity index (χ3n) is 3.06. The summed E-state index contributed by atoms with van der Waals surface area (Å²) in [5.41, 5.74) is 1.12. The first-order chi connectivity index (χ1) is 9.16. The van der Waals surface area contributed by atoms with Crippen molar-refractivity contribution >= 4 is 10.8 Å². The molecular formula is C15H11FN2O. The maximum absolute atomic E-state index is 12.9. The van der Waals surface area contributed by atoms with E-state index in [4.69, 9.17) is 0 Å². The van der Waals surface area contributed by atoms with Gasteiger partial charge in [-0.3, -0.25) is 4.79 Å². The van der Waals surface area contributed by atoms with Gasteiger partial charge in [-0.25, -0.2) is 4.39 Å². The van der Waals surface area contributed by atoms with Crippen LogP contribution in [0, 0.1) is 12.7 Å². The van der Waals surface area contributed by atoms with E-state index in [1.165, 1.54) is 28.9 Å². The van der Waals surface area contributed by atoms with Crippen LogP contribution in [-0.4, -0.2) is 9.78 Å². The van der Waals surface area contributed by atoms with Gasteiger partial charge in [0.05, 0.1) is 16.8 Å². The maximum atomic E-state index is 12.9. The molecule has 0 atom stereocenters. The zero-order valence-corrected chi connectivity index (χ0v) is 10.3. The highest BCUT2D eigenvalue weighted by molar-refractivity contribution is 5.83. The number of hydrogen-bond acceptors (Lipinski definition) is 2. The van der Waals surface area contributed by atoms with E-state index < -0.39 is 0 Å². The summed E-state index contributed by atoms with van der Waals surface area (Å²) in [6.07, 6.45) is 0. The van der Waals surface area contributed by atoms with Gasteiger partial charge in [0, 0.05) is 5.39 Å².